The number of carbonyl (C=O) groups is 4. The molecule has 1 unspecified atom stereocenters. The maximum Gasteiger partial charge on any atom is 0.408 e. The van der Waals surface area contributed by atoms with Crippen molar-refractivity contribution in [1.82, 2.24) is 21.2 Å². The van der Waals surface area contributed by atoms with Crippen LogP contribution in [0.25, 0.3) is 0 Å². The van der Waals surface area contributed by atoms with Crippen LogP contribution in [-0.4, -0.2) is 68.8 Å². The zero-order valence-electron chi connectivity index (χ0n) is 22.8. The van der Waals surface area contributed by atoms with Crippen LogP contribution in [0, 0.1) is 0 Å². The summed E-state index contributed by atoms with van der Waals surface area (Å²) >= 11 is 0. The number of sulfonamides is 1. The monoisotopic (exact) mass is 563 g/mol. The lowest BCUT2D eigenvalue weighted by Crippen LogP contribution is -2.61. The first-order valence-electron chi connectivity index (χ1n) is 11.7. The highest BCUT2D eigenvalue weighted by molar-refractivity contribution is 7.92. The van der Waals surface area contributed by atoms with Crippen molar-refractivity contribution in [3.05, 3.63) is 59.3 Å². The van der Waals surface area contributed by atoms with E-state index in [4.69, 9.17) is 4.74 Å². The van der Waals surface area contributed by atoms with Crippen LogP contribution in [0.3, 0.4) is 0 Å². The SMILES string of the molecule is COC(=O)c1cc(C(=O)NNC(=O)C(C)(Cc2ccccc2)NC(=O)OC(C)(C)C)cc(N(C)S(C)(=O)=O)n1. The molecule has 0 radical (unpaired) electrons. The molecule has 0 spiro atoms. The summed E-state index contributed by atoms with van der Waals surface area (Å²) in [5, 5.41) is 2.56. The van der Waals surface area contributed by atoms with Crippen LogP contribution in [0.4, 0.5) is 10.6 Å². The molecule has 39 heavy (non-hydrogen) atoms. The van der Waals surface area contributed by atoms with Crippen molar-refractivity contribution in [3.63, 3.8) is 0 Å². The van der Waals surface area contributed by atoms with Gasteiger partial charge in [-0.25, -0.2) is 23.0 Å². The van der Waals surface area contributed by atoms with E-state index in [1.807, 2.05) is 0 Å². The molecule has 1 heterocycles. The van der Waals surface area contributed by atoms with E-state index in [1.165, 1.54) is 14.0 Å². The van der Waals surface area contributed by atoms with Gasteiger partial charge in [-0.3, -0.25) is 24.7 Å². The van der Waals surface area contributed by atoms with Gasteiger partial charge < -0.3 is 14.8 Å². The van der Waals surface area contributed by atoms with E-state index >= 15 is 0 Å². The Morgan fingerprint density at radius 2 is 1.62 bits per heavy atom. The van der Waals surface area contributed by atoms with Gasteiger partial charge in [-0.1, -0.05) is 30.3 Å². The lowest BCUT2D eigenvalue weighted by Gasteiger charge is -2.31. The van der Waals surface area contributed by atoms with Gasteiger partial charge in [-0.05, 0) is 45.4 Å². The number of alkyl carbamates (subject to hydrolysis) is 1. The number of nitrogens with zero attached hydrogens (tertiary/aromatic N) is 2. The number of carbonyl (C=O) groups excluding carboxylic acids is 4. The third kappa shape index (κ3) is 8.95. The van der Waals surface area contributed by atoms with Crippen molar-refractivity contribution in [2.75, 3.05) is 24.7 Å². The molecule has 3 amide bonds. The molecule has 0 aliphatic heterocycles. The maximum absolute atomic E-state index is 13.3. The number of amides is 3. The summed E-state index contributed by atoms with van der Waals surface area (Å²) in [4.78, 5) is 54.8. The fraction of sp³-hybridized carbons (Fsp3) is 0.400. The molecule has 2 rings (SSSR count). The number of hydrazine groups is 1. The van der Waals surface area contributed by atoms with Crippen LogP contribution in [0.5, 0.6) is 0 Å². The summed E-state index contributed by atoms with van der Waals surface area (Å²) in [5.74, 6) is -2.80. The average molecular weight is 564 g/mol. The molecule has 1 aromatic carbocycles. The summed E-state index contributed by atoms with van der Waals surface area (Å²) in [6, 6.07) is 11.1. The minimum Gasteiger partial charge on any atom is -0.464 e. The molecule has 14 heteroatoms. The van der Waals surface area contributed by atoms with Crippen molar-refractivity contribution >= 4 is 39.7 Å². The van der Waals surface area contributed by atoms with Crippen LogP contribution < -0.4 is 20.5 Å². The Labute approximate surface area is 227 Å². The summed E-state index contributed by atoms with van der Waals surface area (Å²) < 4.78 is 34.7. The van der Waals surface area contributed by atoms with Crippen molar-refractivity contribution in [3.8, 4) is 0 Å². The molecule has 0 fully saturated rings. The lowest BCUT2D eigenvalue weighted by atomic mass is 9.92. The van der Waals surface area contributed by atoms with Crippen molar-refractivity contribution < 1.29 is 37.1 Å². The highest BCUT2D eigenvalue weighted by atomic mass is 32.2. The predicted molar refractivity (Wildman–Crippen MR) is 142 cm³/mol. The summed E-state index contributed by atoms with van der Waals surface area (Å²) in [7, 11) is -1.49. The number of hydrogen-bond donors (Lipinski definition) is 3. The van der Waals surface area contributed by atoms with E-state index < -0.39 is 45.0 Å². The van der Waals surface area contributed by atoms with E-state index in [2.05, 4.69) is 25.9 Å². The normalized spacial score (nSPS) is 12.9. The van der Waals surface area contributed by atoms with E-state index in [0.29, 0.717) is 0 Å². The first-order valence-corrected chi connectivity index (χ1v) is 13.5. The second kappa shape index (κ2) is 12.1. The van der Waals surface area contributed by atoms with Crippen molar-refractivity contribution in [1.29, 1.82) is 0 Å². The molecular formula is C25H33N5O8S. The van der Waals surface area contributed by atoms with Gasteiger partial charge in [0.25, 0.3) is 11.8 Å². The van der Waals surface area contributed by atoms with Gasteiger partial charge in [-0.15, -0.1) is 0 Å². The van der Waals surface area contributed by atoms with Gasteiger partial charge in [-0.2, -0.15) is 0 Å². The summed E-state index contributed by atoms with van der Waals surface area (Å²) in [6.45, 7) is 6.49. The van der Waals surface area contributed by atoms with Crippen LogP contribution in [0.15, 0.2) is 42.5 Å². The number of nitrogens with one attached hydrogen (secondary N) is 3. The zero-order chi connectivity index (χ0) is 29.6. The third-order valence-electron chi connectivity index (χ3n) is 5.26. The minimum atomic E-state index is -3.78. The van der Waals surface area contributed by atoms with E-state index in [1.54, 1.807) is 51.1 Å². The molecule has 0 aliphatic rings. The molecule has 0 saturated carbocycles. The van der Waals surface area contributed by atoms with Gasteiger partial charge in [0.1, 0.15) is 17.0 Å². The summed E-state index contributed by atoms with van der Waals surface area (Å²) in [5.41, 5.74) is 2.31. The van der Waals surface area contributed by atoms with Gasteiger partial charge in [0.2, 0.25) is 10.0 Å². The molecule has 0 aliphatic carbocycles. The van der Waals surface area contributed by atoms with Crippen LogP contribution in [0.1, 0.15) is 54.1 Å². The highest BCUT2D eigenvalue weighted by Gasteiger charge is 2.37. The van der Waals surface area contributed by atoms with E-state index in [-0.39, 0.29) is 23.5 Å². The fourth-order valence-electron chi connectivity index (χ4n) is 3.23. The molecule has 0 bridgehead atoms. The van der Waals surface area contributed by atoms with Crippen LogP contribution in [-0.2, 0) is 30.7 Å². The highest BCUT2D eigenvalue weighted by Crippen LogP contribution is 2.18. The number of rotatable bonds is 8. The Balaban J connectivity index is 2.32. The first kappa shape index (κ1) is 31.0. The van der Waals surface area contributed by atoms with Crippen molar-refractivity contribution in [2.24, 2.45) is 0 Å². The third-order valence-corrected chi connectivity index (χ3v) is 6.44. The first-order chi connectivity index (χ1) is 17.9. The Kier molecular flexibility index (Phi) is 9.63. The standard InChI is InChI=1S/C25H33N5O8S/c1-24(2,3)38-23(34)27-25(4,15-16-11-9-8-10-12-16)22(33)29-28-20(31)17-13-18(21(32)37-6)26-19(14-17)30(5)39(7,35)36/h8-14H,15H2,1-7H3,(H,27,34)(H,28,31)(H,29,33). The fourth-order valence-corrected chi connectivity index (χ4v) is 3.66. The predicted octanol–water partition coefficient (Wildman–Crippen LogP) is 1.55. The van der Waals surface area contributed by atoms with Gasteiger partial charge in [0.05, 0.1) is 13.4 Å². The number of hydrogen-bond acceptors (Lipinski definition) is 9. The molecule has 1 atom stereocenters. The number of anilines is 1. The zero-order valence-corrected chi connectivity index (χ0v) is 23.6. The lowest BCUT2D eigenvalue weighted by molar-refractivity contribution is -0.127. The molecule has 1 aromatic heterocycles. The molecular weight excluding hydrogens is 530 g/mol. The number of ether oxygens (including phenoxy) is 2. The van der Waals surface area contributed by atoms with E-state index in [9.17, 15) is 27.6 Å². The number of esters is 1. The van der Waals surface area contributed by atoms with Crippen LogP contribution >= 0.6 is 0 Å². The van der Waals surface area contributed by atoms with Gasteiger partial charge in [0, 0.05) is 19.0 Å². The number of methoxy groups -OCH3 is 1. The van der Waals surface area contributed by atoms with Crippen molar-refractivity contribution in [2.45, 2.75) is 45.3 Å². The Hall–Kier alpha value is -4.20. The average Bonchev–Trinajstić information content (AvgIpc) is 2.84. The molecule has 13 nitrogen and oxygen atoms in total. The minimum absolute atomic E-state index is 0.0554. The molecule has 212 valence electrons. The number of pyridine rings is 1. The molecule has 3 N–H and O–H groups in total. The molecule has 0 saturated heterocycles. The maximum atomic E-state index is 13.3. The second-order valence-corrected chi connectivity index (χ2v) is 11.9. The van der Waals surface area contributed by atoms with Gasteiger partial charge in [0.15, 0.2) is 5.69 Å². The van der Waals surface area contributed by atoms with Crippen LogP contribution in [0.2, 0.25) is 0 Å². The van der Waals surface area contributed by atoms with Gasteiger partial charge >= 0.3 is 12.1 Å². The Bertz CT molecular complexity index is 1340. The topological polar surface area (TPSA) is 173 Å². The number of aromatic nitrogens is 1. The number of benzene rings is 1. The summed E-state index contributed by atoms with van der Waals surface area (Å²) in [6.07, 6.45) is 0.137. The second-order valence-electron chi connectivity index (χ2n) is 9.85. The quantitative estimate of drug-likeness (QED) is 0.318. The molecule has 2 aromatic rings. The largest absolute Gasteiger partial charge is 0.464 e. The Morgan fingerprint density at radius 1 is 1.00 bits per heavy atom. The smallest absolute Gasteiger partial charge is 0.408 e. The Morgan fingerprint density at radius 3 is 2.15 bits per heavy atom. The van der Waals surface area contributed by atoms with E-state index in [0.717, 1.165) is 35.4 Å².